The van der Waals surface area contributed by atoms with E-state index in [4.69, 9.17) is 4.98 Å². The molecule has 0 radical (unpaired) electrons. The fourth-order valence-electron chi connectivity index (χ4n) is 2.91. The molecule has 3 aromatic heterocycles. The smallest absolute Gasteiger partial charge is 0.163 e. The Balaban J connectivity index is 1.75. The first-order valence-corrected chi connectivity index (χ1v) is 8.03. The van der Waals surface area contributed by atoms with E-state index in [1.165, 1.54) is 0 Å². The van der Waals surface area contributed by atoms with E-state index in [0.29, 0.717) is 5.82 Å². The number of H-pyrrole nitrogens is 1. The van der Waals surface area contributed by atoms with Crippen LogP contribution in [0, 0.1) is 6.92 Å². The van der Waals surface area contributed by atoms with Gasteiger partial charge in [0.2, 0.25) is 0 Å². The van der Waals surface area contributed by atoms with Gasteiger partial charge in [-0.2, -0.15) is 5.10 Å². The fraction of sp³-hybridized carbons (Fsp3) is 0.294. The van der Waals surface area contributed by atoms with E-state index in [-0.39, 0.29) is 6.04 Å². The standard InChI is InChI=1S/C17H19N7/c1-4-12(16-22-13-7-5-6-8-14(13)23-16)21-15-11-9-18-24(3)17(11)20-10(2)19-15/h5-9,12H,4H2,1-3H3,(H,22,23)(H,19,20,21)/t12-/m1/s1. The first-order valence-electron chi connectivity index (χ1n) is 8.03. The van der Waals surface area contributed by atoms with Crippen molar-refractivity contribution in [2.45, 2.75) is 26.3 Å². The van der Waals surface area contributed by atoms with Gasteiger partial charge in [0.15, 0.2) is 5.65 Å². The van der Waals surface area contributed by atoms with Crippen LogP contribution in [0.15, 0.2) is 30.5 Å². The Morgan fingerprint density at radius 1 is 1.21 bits per heavy atom. The summed E-state index contributed by atoms with van der Waals surface area (Å²) in [4.78, 5) is 17.1. The molecular weight excluding hydrogens is 302 g/mol. The fourth-order valence-corrected chi connectivity index (χ4v) is 2.91. The SMILES string of the molecule is CC[C@@H](Nc1nc(C)nc2c1cnn2C)c1nc2ccccc2[nH]1. The summed E-state index contributed by atoms with van der Waals surface area (Å²) in [7, 11) is 1.88. The molecule has 2 N–H and O–H groups in total. The van der Waals surface area contributed by atoms with E-state index in [1.54, 1.807) is 10.9 Å². The third-order valence-corrected chi connectivity index (χ3v) is 4.16. The number of para-hydroxylation sites is 2. The number of aromatic nitrogens is 6. The number of anilines is 1. The van der Waals surface area contributed by atoms with Crippen molar-refractivity contribution in [1.82, 2.24) is 29.7 Å². The number of benzene rings is 1. The van der Waals surface area contributed by atoms with Crippen molar-refractivity contribution >= 4 is 27.9 Å². The van der Waals surface area contributed by atoms with Gasteiger partial charge in [-0.05, 0) is 25.5 Å². The lowest BCUT2D eigenvalue weighted by Crippen LogP contribution is -2.13. The Morgan fingerprint density at radius 2 is 2.04 bits per heavy atom. The molecule has 0 spiro atoms. The molecule has 3 heterocycles. The summed E-state index contributed by atoms with van der Waals surface area (Å²) in [5.74, 6) is 2.41. The molecule has 1 atom stereocenters. The molecule has 7 heteroatoms. The molecule has 0 fully saturated rings. The highest BCUT2D eigenvalue weighted by Crippen LogP contribution is 2.26. The Hall–Kier alpha value is -2.96. The normalized spacial score (nSPS) is 12.8. The van der Waals surface area contributed by atoms with Gasteiger partial charge in [0, 0.05) is 7.05 Å². The van der Waals surface area contributed by atoms with Crippen molar-refractivity contribution in [3.63, 3.8) is 0 Å². The van der Waals surface area contributed by atoms with Crippen LogP contribution in [0.1, 0.15) is 31.0 Å². The van der Waals surface area contributed by atoms with E-state index < -0.39 is 0 Å². The van der Waals surface area contributed by atoms with E-state index >= 15 is 0 Å². The molecule has 0 amide bonds. The van der Waals surface area contributed by atoms with Crippen LogP contribution in [0.25, 0.3) is 22.1 Å². The van der Waals surface area contributed by atoms with Crippen molar-refractivity contribution < 1.29 is 0 Å². The Morgan fingerprint density at radius 3 is 2.83 bits per heavy atom. The van der Waals surface area contributed by atoms with Gasteiger partial charge in [0.05, 0.1) is 28.7 Å². The van der Waals surface area contributed by atoms with Crippen LogP contribution in [0.4, 0.5) is 5.82 Å². The molecule has 0 aliphatic rings. The second-order valence-electron chi connectivity index (χ2n) is 5.87. The van der Waals surface area contributed by atoms with Crippen molar-refractivity contribution in [2.24, 2.45) is 7.05 Å². The van der Waals surface area contributed by atoms with Crippen LogP contribution in [-0.4, -0.2) is 29.7 Å². The maximum Gasteiger partial charge on any atom is 0.163 e. The third-order valence-electron chi connectivity index (χ3n) is 4.16. The van der Waals surface area contributed by atoms with Gasteiger partial charge in [0.25, 0.3) is 0 Å². The predicted molar refractivity (Wildman–Crippen MR) is 93.8 cm³/mol. The molecule has 4 aromatic rings. The number of aromatic amines is 1. The van der Waals surface area contributed by atoms with Gasteiger partial charge in [-0.1, -0.05) is 19.1 Å². The number of fused-ring (bicyclic) bond motifs is 2. The maximum atomic E-state index is 4.71. The van der Waals surface area contributed by atoms with E-state index in [1.807, 2.05) is 38.2 Å². The summed E-state index contributed by atoms with van der Waals surface area (Å²) in [6, 6.07) is 8.08. The summed E-state index contributed by atoms with van der Waals surface area (Å²) < 4.78 is 1.76. The second kappa shape index (κ2) is 5.59. The van der Waals surface area contributed by atoms with Gasteiger partial charge >= 0.3 is 0 Å². The topological polar surface area (TPSA) is 84.3 Å². The largest absolute Gasteiger partial charge is 0.359 e. The van der Waals surface area contributed by atoms with E-state index in [0.717, 1.165) is 40.1 Å². The third kappa shape index (κ3) is 2.38. The average molecular weight is 321 g/mol. The molecule has 0 bridgehead atoms. The Kier molecular flexibility index (Phi) is 3.41. The molecule has 0 aliphatic heterocycles. The number of nitrogens with zero attached hydrogens (tertiary/aromatic N) is 5. The minimum absolute atomic E-state index is 0.0371. The van der Waals surface area contributed by atoms with E-state index in [2.05, 4.69) is 32.3 Å². The highest BCUT2D eigenvalue weighted by Gasteiger charge is 2.17. The summed E-state index contributed by atoms with van der Waals surface area (Å²) in [6.45, 7) is 4.01. The molecule has 1 aromatic carbocycles. The number of aryl methyl sites for hydroxylation is 2. The van der Waals surface area contributed by atoms with Gasteiger partial charge in [0.1, 0.15) is 17.5 Å². The van der Waals surface area contributed by atoms with Crippen LogP contribution in [0.5, 0.6) is 0 Å². The highest BCUT2D eigenvalue weighted by atomic mass is 15.3. The van der Waals surface area contributed by atoms with Gasteiger partial charge in [-0.25, -0.2) is 15.0 Å². The van der Waals surface area contributed by atoms with E-state index in [9.17, 15) is 0 Å². The molecule has 7 nitrogen and oxygen atoms in total. The minimum Gasteiger partial charge on any atom is -0.359 e. The lowest BCUT2D eigenvalue weighted by molar-refractivity contribution is 0.703. The van der Waals surface area contributed by atoms with Crippen LogP contribution in [0.2, 0.25) is 0 Å². The quantitative estimate of drug-likeness (QED) is 0.603. The highest BCUT2D eigenvalue weighted by molar-refractivity contribution is 5.86. The van der Waals surface area contributed by atoms with Crippen LogP contribution in [-0.2, 0) is 7.05 Å². The molecule has 0 aliphatic carbocycles. The summed E-state index contributed by atoms with van der Waals surface area (Å²) in [6.07, 6.45) is 2.67. The van der Waals surface area contributed by atoms with Crippen LogP contribution < -0.4 is 5.32 Å². The molecule has 0 unspecified atom stereocenters. The zero-order valence-corrected chi connectivity index (χ0v) is 13.9. The monoisotopic (exact) mass is 321 g/mol. The first-order chi connectivity index (χ1) is 11.7. The first kappa shape index (κ1) is 14.6. The average Bonchev–Trinajstić information content (AvgIpc) is 3.16. The second-order valence-corrected chi connectivity index (χ2v) is 5.87. The summed E-state index contributed by atoms with van der Waals surface area (Å²) in [5, 5.41) is 8.71. The van der Waals surface area contributed by atoms with Crippen LogP contribution in [0.3, 0.4) is 0 Å². The minimum atomic E-state index is 0.0371. The number of hydrogen-bond donors (Lipinski definition) is 2. The Labute approximate surface area is 139 Å². The number of hydrogen-bond acceptors (Lipinski definition) is 5. The van der Waals surface area contributed by atoms with Crippen molar-refractivity contribution in [1.29, 1.82) is 0 Å². The van der Waals surface area contributed by atoms with Crippen molar-refractivity contribution in [3.05, 3.63) is 42.1 Å². The zero-order valence-electron chi connectivity index (χ0n) is 13.9. The Bertz CT molecular complexity index is 981. The zero-order chi connectivity index (χ0) is 16.7. The predicted octanol–water partition coefficient (Wildman–Crippen LogP) is 3.11. The lowest BCUT2D eigenvalue weighted by Gasteiger charge is -2.16. The summed E-state index contributed by atoms with van der Waals surface area (Å²) in [5.41, 5.74) is 2.83. The molecule has 122 valence electrons. The molecular formula is C17H19N7. The number of imidazole rings is 1. The number of rotatable bonds is 4. The van der Waals surface area contributed by atoms with Crippen LogP contribution >= 0.6 is 0 Å². The maximum absolute atomic E-state index is 4.71. The number of nitrogens with one attached hydrogen (secondary N) is 2. The summed E-state index contributed by atoms with van der Waals surface area (Å²) >= 11 is 0. The molecule has 24 heavy (non-hydrogen) atoms. The van der Waals surface area contributed by atoms with Gasteiger partial charge < -0.3 is 10.3 Å². The van der Waals surface area contributed by atoms with Crippen molar-refractivity contribution in [3.8, 4) is 0 Å². The van der Waals surface area contributed by atoms with Crippen molar-refractivity contribution in [2.75, 3.05) is 5.32 Å². The van der Waals surface area contributed by atoms with Gasteiger partial charge in [-0.3, -0.25) is 4.68 Å². The van der Waals surface area contributed by atoms with Gasteiger partial charge in [-0.15, -0.1) is 0 Å². The molecule has 0 saturated heterocycles. The molecule has 4 rings (SSSR count). The molecule has 0 saturated carbocycles. The lowest BCUT2D eigenvalue weighted by atomic mass is 10.2.